The molecule has 98 valence electrons. The Labute approximate surface area is 126 Å². The maximum absolute atomic E-state index is 13.5. The molecule has 0 saturated carbocycles. The molecule has 8 heteroatoms. The van der Waals surface area contributed by atoms with Gasteiger partial charge in [-0.1, -0.05) is 39.1 Å². The van der Waals surface area contributed by atoms with Gasteiger partial charge in [0.25, 0.3) is 5.91 Å². The first kappa shape index (κ1) is 14.2. The van der Waals surface area contributed by atoms with Gasteiger partial charge in [-0.2, -0.15) is 0 Å². The Balaban J connectivity index is 2.34. The zero-order chi connectivity index (χ0) is 14.0. The minimum atomic E-state index is -0.697. The molecule has 0 saturated heterocycles. The lowest BCUT2D eigenvalue weighted by atomic mass is 10.2. The van der Waals surface area contributed by atoms with E-state index in [0.717, 1.165) is 6.33 Å². The Hall–Kier alpha value is -1.24. The Bertz CT molecular complexity index is 634. The number of benzene rings is 1. The quantitative estimate of drug-likeness (QED) is 0.821. The number of amides is 1. The molecule has 0 aliphatic rings. The number of aromatic nitrogens is 2. The van der Waals surface area contributed by atoms with Crippen LogP contribution < -0.4 is 5.32 Å². The highest BCUT2D eigenvalue weighted by atomic mass is 79.9. The number of carbonyl (C=O) groups is 1. The van der Waals surface area contributed by atoms with Crippen molar-refractivity contribution in [2.24, 2.45) is 0 Å². The van der Waals surface area contributed by atoms with E-state index in [2.05, 4.69) is 31.2 Å². The minimum Gasteiger partial charge on any atom is -0.317 e. The second-order valence-electron chi connectivity index (χ2n) is 3.41. The van der Waals surface area contributed by atoms with E-state index in [1.54, 1.807) is 0 Å². The van der Waals surface area contributed by atoms with Crippen LogP contribution in [0, 0.1) is 5.82 Å². The van der Waals surface area contributed by atoms with Crippen molar-refractivity contribution in [1.29, 1.82) is 0 Å². The Morgan fingerprint density at radius 3 is 2.53 bits per heavy atom. The lowest BCUT2D eigenvalue weighted by Gasteiger charge is -2.08. The van der Waals surface area contributed by atoms with Crippen LogP contribution in [0.3, 0.4) is 0 Å². The molecular formula is C11H5BrCl2FN3O. The van der Waals surface area contributed by atoms with Crippen molar-refractivity contribution in [3.05, 3.63) is 50.7 Å². The summed E-state index contributed by atoms with van der Waals surface area (Å²) in [5.41, 5.74) is -0.111. The van der Waals surface area contributed by atoms with Gasteiger partial charge >= 0.3 is 0 Å². The van der Waals surface area contributed by atoms with E-state index < -0.39 is 11.7 Å². The molecule has 1 aromatic carbocycles. The van der Waals surface area contributed by atoms with Crippen LogP contribution in [0.15, 0.2) is 29.0 Å². The van der Waals surface area contributed by atoms with Gasteiger partial charge in [0.1, 0.15) is 17.8 Å². The fourth-order valence-corrected chi connectivity index (χ4v) is 2.07. The molecule has 0 fully saturated rings. The van der Waals surface area contributed by atoms with Gasteiger partial charge in [-0.3, -0.25) is 4.79 Å². The Morgan fingerprint density at radius 2 is 1.89 bits per heavy atom. The molecule has 2 aromatic rings. The predicted molar refractivity (Wildman–Crippen MR) is 74.1 cm³/mol. The van der Waals surface area contributed by atoms with Crippen molar-refractivity contribution in [2.75, 3.05) is 5.32 Å². The van der Waals surface area contributed by atoms with Gasteiger partial charge in [-0.25, -0.2) is 14.4 Å². The van der Waals surface area contributed by atoms with Crippen LogP contribution in [-0.4, -0.2) is 15.9 Å². The number of hydrogen-bond donors (Lipinski definition) is 1. The van der Waals surface area contributed by atoms with Crippen molar-refractivity contribution < 1.29 is 9.18 Å². The Kier molecular flexibility index (Phi) is 4.34. The molecule has 2 rings (SSSR count). The molecule has 4 nitrogen and oxygen atoms in total. The molecule has 0 atom stereocenters. The topological polar surface area (TPSA) is 54.9 Å². The number of nitrogens with one attached hydrogen (secondary N) is 1. The third-order valence-electron chi connectivity index (χ3n) is 2.17. The first-order chi connectivity index (χ1) is 8.99. The van der Waals surface area contributed by atoms with Gasteiger partial charge in [0, 0.05) is 4.47 Å². The second-order valence-corrected chi connectivity index (χ2v) is 5.04. The van der Waals surface area contributed by atoms with Crippen molar-refractivity contribution in [3.8, 4) is 0 Å². The third kappa shape index (κ3) is 3.20. The molecule has 1 heterocycles. The van der Waals surface area contributed by atoms with Gasteiger partial charge in [0.2, 0.25) is 0 Å². The fourth-order valence-electron chi connectivity index (χ4n) is 1.30. The molecule has 19 heavy (non-hydrogen) atoms. The largest absolute Gasteiger partial charge is 0.317 e. The van der Waals surface area contributed by atoms with Crippen LogP contribution in [0.4, 0.5) is 10.1 Å². The van der Waals surface area contributed by atoms with E-state index in [9.17, 15) is 9.18 Å². The summed E-state index contributed by atoms with van der Waals surface area (Å²) in [5.74, 6) is -1.36. The van der Waals surface area contributed by atoms with Crippen LogP contribution in [-0.2, 0) is 0 Å². The van der Waals surface area contributed by atoms with Gasteiger partial charge in [-0.05, 0) is 18.2 Å². The molecule has 0 bridgehead atoms. The van der Waals surface area contributed by atoms with Gasteiger partial charge < -0.3 is 5.32 Å². The van der Waals surface area contributed by atoms with E-state index in [1.165, 1.54) is 18.2 Å². The molecule has 0 aliphatic carbocycles. The first-order valence-corrected chi connectivity index (χ1v) is 6.46. The number of halogens is 4. The molecule has 0 aliphatic heterocycles. The maximum atomic E-state index is 13.5. The minimum absolute atomic E-state index is 0.0243. The molecule has 1 aromatic heterocycles. The van der Waals surface area contributed by atoms with Gasteiger partial charge in [0.15, 0.2) is 10.3 Å². The summed E-state index contributed by atoms with van der Waals surface area (Å²) in [7, 11) is 0. The van der Waals surface area contributed by atoms with E-state index in [4.69, 9.17) is 23.2 Å². The summed E-state index contributed by atoms with van der Waals surface area (Å²) >= 11 is 14.7. The van der Waals surface area contributed by atoms with Crippen molar-refractivity contribution >= 4 is 50.7 Å². The summed E-state index contributed by atoms with van der Waals surface area (Å²) in [6.45, 7) is 0. The Morgan fingerprint density at radius 1 is 1.26 bits per heavy atom. The summed E-state index contributed by atoms with van der Waals surface area (Å²) in [6.07, 6.45) is 1.15. The summed E-state index contributed by atoms with van der Waals surface area (Å²) in [5, 5.41) is 2.33. The number of carbonyl (C=O) groups excluding carboxylic acids is 1. The SMILES string of the molecule is O=C(Nc1c(Cl)ncnc1Cl)c1cc(Br)ccc1F. The highest BCUT2D eigenvalue weighted by Gasteiger charge is 2.16. The zero-order valence-electron chi connectivity index (χ0n) is 9.12. The highest BCUT2D eigenvalue weighted by molar-refractivity contribution is 9.10. The van der Waals surface area contributed by atoms with Crippen molar-refractivity contribution in [3.63, 3.8) is 0 Å². The van der Waals surface area contributed by atoms with Gasteiger partial charge in [-0.15, -0.1) is 0 Å². The van der Waals surface area contributed by atoms with Crippen LogP contribution in [0.5, 0.6) is 0 Å². The number of rotatable bonds is 2. The van der Waals surface area contributed by atoms with E-state index in [0.29, 0.717) is 4.47 Å². The molecule has 0 radical (unpaired) electrons. The summed E-state index contributed by atoms with van der Waals surface area (Å²) < 4.78 is 14.1. The van der Waals surface area contributed by atoms with E-state index >= 15 is 0 Å². The highest BCUT2D eigenvalue weighted by Crippen LogP contribution is 2.26. The predicted octanol–water partition coefficient (Wildman–Crippen LogP) is 3.94. The summed E-state index contributed by atoms with van der Waals surface area (Å²) in [6, 6.07) is 4.00. The molecule has 0 spiro atoms. The lowest BCUT2D eigenvalue weighted by Crippen LogP contribution is -2.15. The monoisotopic (exact) mass is 363 g/mol. The van der Waals surface area contributed by atoms with Crippen molar-refractivity contribution in [2.45, 2.75) is 0 Å². The molecule has 0 unspecified atom stereocenters. The smallest absolute Gasteiger partial charge is 0.258 e. The molecule has 1 N–H and O–H groups in total. The van der Waals surface area contributed by atoms with Crippen LogP contribution in [0.2, 0.25) is 10.3 Å². The van der Waals surface area contributed by atoms with E-state index in [-0.39, 0.29) is 21.6 Å². The fraction of sp³-hybridized carbons (Fsp3) is 0. The van der Waals surface area contributed by atoms with Crippen molar-refractivity contribution in [1.82, 2.24) is 9.97 Å². The average Bonchev–Trinajstić information content (AvgIpc) is 2.37. The molecule has 1 amide bonds. The lowest BCUT2D eigenvalue weighted by molar-refractivity contribution is 0.102. The van der Waals surface area contributed by atoms with Crippen LogP contribution in [0.25, 0.3) is 0 Å². The first-order valence-electron chi connectivity index (χ1n) is 4.91. The number of anilines is 1. The number of hydrogen-bond acceptors (Lipinski definition) is 3. The standard InChI is InChI=1S/C11H5BrCl2FN3O/c12-5-1-2-7(15)6(3-5)11(19)18-8-9(13)16-4-17-10(8)14/h1-4H,(H,18,19). The summed E-state index contributed by atoms with van der Waals surface area (Å²) in [4.78, 5) is 19.3. The average molecular weight is 365 g/mol. The third-order valence-corrected chi connectivity index (χ3v) is 3.23. The molecular weight excluding hydrogens is 360 g/mol. The van der Waals surface area contributed by atoms with E-state index in [1.807, 2.05) is 0 Å². The van der Waals surface area contributed by atoms with Gasteiger partial charge in [0.05, 0.1) is 5.56 Å². The second kappa shape index (κ2) is 5.81. The normalized spacial score (nSPS) is 10.3. The zero-order valence-corrected chi connectivity index (χ0v) is 12.2. The van der Waals surface area contributed by atoms with Crippen LogP contribution in [0.1, 0.15) is 10.4 Å². The number of nitrogens with zero attached hydrogens (tertiary/aromatic N) is 2. The maximum Gasteiger partial charge on any atom is 0.258 e. The van der Waals surface area contributed by atoms with Crippen LogP contribution >= 0.6 is 39.1 Å².